The van der Waals surface area contributed by atoms with Crippen LogP contribution in [0.15, 0.2) is 35.0 Å². The van der Waals surface area contributed by atoms with Crippen LogP contribution in [0, 0.1) is 5.92 Å². The smallest absolute Gasteiger partial charge is 0.261 e. The first-order valence-corrected chi connectivity index (χ1v) is 10.7. The molecule has 3 heterocycles. The van der Waals surface area contributed by atoms with Crippen LogP contribution in [0.4, 0.5) is 0 Å². The van der Waals surface area contributed by atoms with E-state index in [0.717, 1.165) is 19.0 Å². The molecule has 0 aliphatic carbocycles. The first-order chi connectivity index (χ1) is 12.6. The van der Waals surface area contributed by atoms with Crippen molar-refractivity contribution < 1.29 is 9.59 Å². The zero-order valence-electron chi connectivity index (χ0n) is 14.9. The van der Waals surface area contributed by atoms with Crippen LogP contribution in [0.3, 0.4) is 0 Å². The fourth-order valence-corrected chi connectivity index (χ4v) is 4.66. The van der Waals surface area contributed by atoms with E-state index in [2.05, 4.69) is 40.0 Å². The highest BCUT2D eigenvalue weighted by atomic mass is 32.1. The van der Waals surface area contributed by atoms with Crippen LogP contribution in [0.1, 0.15) is 40.4 Å². The summed E-state index contributed by atoms with van der Waals surface area (Å²) < 4.78 is 0. The Bertz CT molecular complexity index is 692. The van der Waals surface area contributed by atoms with Crippen LogP contribution < -0.4 is 10.6 Å². The van der Waals surface area contributed by atoms with Crippen LogP contribution in [0.2, 0.25) is 0 Å². The fraction of sp³-hybridized carbons (Fsp3) is 0.474. The maximum absolute atomic E-state index is 12.2. The van der Waals surface area contributed by atoms with Gasteiger partial charge in [0.25, 0.3) is 5.91 Å². The summed E-state index contributed by atoms with van der Waals surface area (Å²) in [7, 11) is 0. The maximum atomic E-state index is 12.2. The molecule has 5 nitrogen and oxygen atoms in total. The lowest BCUT2D eigenvalue weighted by atomic mass is 9.97. The van der Waals surface area contributed by atoms with Crippen LogP contribution in [-0.2, 0) is 4.79 Å². The van der Waals surface area contributed by atoms with E-state index >= 15 is 0 Å². The van der Waals surface area contributed by atoms with Crippen LogP contribution in [-0.4, -0.2) is 42.9 Å². The highest BCUT2D eigenvalue weighted by Crippen LogP contribution is 2.29. The molecule has 1 aliphatic heterocycles. The zero-order valence-corrected chi connectivity index (χ0v) is 16.6. The van der Waals surface area contributed by atoms with Gasteiger partial charge in [0.15, 0.2) is 0 Å². The molecular formula is C19H25N3O2S2. The molecule has 1 aliphatic rings. The minimum Gasteiger partial charge on any atom is -0.353 e. The third-order valence-corrected chi connectivity index (χ3v) is 6.62. The number of hydrogen-bond acceptors (Lipinski definition) is 5. The van der Waals surface area contributed by atoms with Crippen molar-refractivity contribution in [2.45, 2.75) is 25.8 Å². The van der Waals surface area contributed by atoms with Gasteiger partial charge in [-0.2, -0.15) is 0 Å². The molecule has 2 aromatic rings. The lowest BCUT2D eigenvalue weighted by molar-refractivity contribution is -0.120. The van der Waals surface area contributed by atoms with Crippen molar-refractivity contribution in [1.82, 2.24) is 15.5 Å². The van der Waals surface area contributed by atoms with Gasteiger partial charge in [0.2, 0.25) is 5.91 Å². The number of rotatable bonds is 7. The monoisotopic (exact) mass is 391 g/mol. The largest absolute Gasteiger partial charge is 0.353 e. The third-order valence-electron chi connectivity index (χ3n) is 4.78. The number of piperidine rings is 1. The normalized spacial score (nSPS) is 17.0. The van der Waals surface area contributed by atoms with Crippen LogP contribution in [0.5, 0.6) is 0 Å². The molecule has 1 saturated heterocycles. The molecule has 2 N–H and O–H groups in total. The van der Waals surface area contributed by atoms with Gasteiger partial charge in [0.1, 0.15) is 0 Å². The summed E-state index contributed by atoms with van der Waals surface area (Å²) in [4.78, 5) is 28.5. The SMILES string of the molecule is CC1CCN(C(CNC(=O)CNC(=O)c2cccs2)c2cccs2)CC1. The minimum atomic E-state index is -0.199. The maximum Gasteiger partial charge on any atom is 0.261 e. The van der Waals surface area contributed by atoms with Gasteiger partial charge in [-0.05, 0) is 54.7 Å². The third kappa shape index (κ3) is 5.16. The van der Waals surface area contributed by atoms with E-state index in [1.165, 1.54) is 29.1 Å². The number of nitrogens with one attached hydrogen (secondary N) is 2. The molecule has 0 saturated carbocycles. The Labute approximate surface area is 162 Å². The summed E-state index contributed by atoms with van der Waals surface area (Å²) >= 11 is 3.10. The highest BCUT2D eigenvalue weighted by Gasteiger charge is 2.25. The van der Waals surface area contributed by atoms with E-state index < -0.39 is 0 Å². The Morgan fingerprint density at radius 1 is 1.15 bits per heavy atom. The van der Waals surface area contributed by atoms with Crippen LogP contribution >= 0.6 is 22.7 Å². The average molecular weight is 392 g/mol. The topological polar surface area (TPSA) is 61.4 Å². The number of carbonyl (C=O) groups is 2. The molecule has 0 bridgehead atoms. The van der Waals surface area contributed by atoms with E-state index in [1.807, 2.05) is 11.4 Å². The molecule has 1 unspecified atom stereocenters. The zero-order chi connectivity index (χ0) is 18.4. The lowest BCUT2D eigenvalue weighted by Crippen LogP contribution is -2.44. The van der Waals surface area contributed by atoms with E-state index in [1.54, 1.807) is 17.4 Å². The van der Waals surface area contributed by atoms with Crippen molar-refractivity contribution in [3.05, 3.63) is 44.8 Å². The van der Waals surface area contributed by atoms with Crippen molar-refractivity contribution >= 4 is 34.5 Å². The Balaban J connectivity index is 1.51. The summed E-state index contributed by atoms with van der Waals surface area (Å²) in [6.45, 7) is 5.01. The van der Waals surface area contributed by atoms with Gasteiger partial charge >= 0.3 is 0 Å². The predicted molar refractivity (Wildman–Crippen MR) is 107 cm³/mol. The second-order valence-corrected chi connectivity index (χ2v) is 8.64. The number of likely N-dealkylation sites (tertiary alicyclic amines) is 1. The molecular weight excluding hydrogens is 366 g/mol. The quantitative estimate of drug-likeness (QED) is 0.762. The molecule has 2 aromatic heterocycles. The number of nitrogens with zero attached hydrogens (tertiary/aromatic N) is 1. The summed E-state index contributed by atoms with van der Waals surface area (Å²) in [5.41, 5.74) is 0. The van der Waals surface area contributed by atoms with Crippen molar-refractivity contribution in [1.29, 1.82) is 0 Å². The predicted octanol–water partition coefficient (Wildman–Crippen LogP) is 3.13. The van der Waals surface area contributed by atoms with Crippen molar-refractivity contribution in [2.24, 2.45) is 5.92 Å². The van der Waals surface area contributed by atoms with Gasteiger partial charge in [-0.1, -0.05) is 19.1 Å². The van der Waals surface area contributed by atoms with Gasteiger partial charge in [0, 0.05) is 11.4 Å². The fourth-order valence-electron chi connectivity index (χ4n) is 3.16. The first-order valence-electron chi connectivity index (χ1n) is 8.99. The minimum absolute atomic E-state index is 0.00489. The van der Waals surface area contributed by atoms with E-state index in [4.69, 9.17) is 0 Å². The lowest BCUT2D eigenvalue weighted by Gasteiger charge is -2.36. The highest BCUT2D eigenvalue weighted by molar-refractivity contribution is 7.12. The average Bonchev–Trinajstić information content (AvgIpc) is 3.35. The Morgan fingerprint density at radius 3 is 2.54 bits per heavy atom. The Kier molecular flexibility index (Phi) is 6.82. The first kappa shape index (κ1) is 19.1. The number of amides is 2. The van der Waals surface area contributed by atoms with Gasteiger partial charge in [-0.3, -0.25) is 14.5 Å². The molecule has 7 heteroatoms. The van der Waals surface area contributed by atoms with Crippen LogP contribution in [0.25, 0.3) is 0 Å². The van der Waals surface area contributed by atoms with Crippen molar-refractivity contribution in [2.75, 3.05) is 26.2 Å². The second-order valence-electron chi connectivity index (χ2n) is 6.71. The summed E-state index contributed by atoms with van der Waals surface area (Å²) in [5, 5.41) is 9.60. The molecule has 1 atom stereocenters. The molecule has 2 amide bonds. The molecule has 0 radical (unpaired) electrons. The molecule has 3 rings (SSSR count). The number of carbonyl (C=O) groups excluding carboxylic acids is 2. The number of thiophene rings is 2. The van der Waals surface area contributed by atoms with Crippen molar-refractivity contribution in [3.63, 3.8) is 0 Å². The number of hydrogen-bond donors (Lipinski definition) is 2. The molecule has 1 fully saturated rings. The molecule has 0 spiro atoms. The van der Waals surface area contributed by atoms with Gasteiger partial charge in [-0.25, -0.2) is 0 Å². The summed E-state index contributed by atoms with van der Waals surface area (Å²) in [6, 6.07) is 7.98. The van der Waals surface area contributed by atoms with Crippen molar-refractivity contribution in [3.8, 4) is 0 Å². The Hall–Kier alpha value is -1.70. The summed E-state index contributed by atoms with van der Waals surface area (Å²) in [6.07, 6.45) is 2.40. The van der Waals surface area contributed by atoms with Gasteiger partial charge in [-0.15, -0.1) is 22.7 Å². The van der Waals surface area contributed by atoms with E-state index in [9.17, 15) is 9.59 Å². The van der Waals surface area contributed by atoms with Gasteiger partial charge < -0.3 is 10.6 Å². The standard InChI is InChI=1S/C19H25N3O2S2/c1-14-6-8-22(9-7-14)15(16-4-2-10-25-16)12-20-18(23)13-21-19(24)17-5-3-11-26-17/h2-5,10-11,14-15H,6-9,12-13H2,1H3,(H,20,23)(H,21,24). The van der Waals surface area contributed by atoms with Gasteiger partial charge in [0.05, 0.1) is 17.5 Å². The summed E-state index contributed by atoms with van der Waals surface area (Å²) in [5.74, 6) is 0.425. The van der Waals surface area contributed by atoms with E-state index in [0.29, 0.717) is 11.4 Å². The Morgan fingerprint density at radius 2 is 1.88 bits per heavy atom. The second kappa shape index (κ2) is 9.30. The molecule has 0 aromatic carbocycles. The molecule has 26 heavy (non-hydrogen) atoms. The van der Waals surface area contributed by atoms with E-state index in [-0.39, 0.29) is 24.4 Å². The molecule has 140 valence electrons.